The number of amides is 1. The van der Waals surface area contributed by atoms with Gasteiger partial charge in [0, 0.05) is 23.1 Å². The van der Waals surface area contributed by atoms with Crippen LogP contribution < -0.4 is 10.6 Å². The zero-order chi connectivity index (χ0) is 21.3. The first-order valence-electron chi connectivity index (χ1n) is 9.51. The highest BCUT2D eigenvalue weighted by Gasteiger charge is 2.16. The maximum absolute atomic E-state index is 11.6. The van der Waals surface area contributed by atoms with E-state index in [0.29, 0.717) is 5.69 Å². The SMILES string of the molecule is Cc1cc(O)cc(C)c1Nc1c(-c2ccc(NC(=O)CS)cc2)nc2ccccn12. The van der Waals surface area contributed by atoms with Crippen molar-refractivity contribution in [2.75, 3.05) is 16.4 Å². The van der Waals surface area contributed by atoms with Gasteiger partial charge in [-0.1, -0.05) is 18.2 Å². The number of hydrogen-bond acceptors (Lipinski definition) is 5. The quantitative estimate of drug-likeness (QED) is 0.274. The third-order valence-electron chi connectivity index (χ3n) is 4.88. The lowest BCUT2D eigenvalue weighted by molar-refractivity contribution is -0.113. The number of nitrogens with one attached hydrogen (secondary N) is 2. The Hall–Kier alpha value is -3.45. The van der Waals surface area contributed by atoms with Crippen LogP contribution in [-0.4, -0.2) is 26.2 Å². The molecule has 2 aromatic carbocycles. The van der Waals surface area contributed by atoms with Crippen LogP contribution in [0.4, 0.5) is 17.2 Å². The zero-order valence-corrected chi connectivity index (χ0v) is 17.6. The summed E-state index contributed by atoms with van der Waals surface area (Å²) in [6, 6.07) is 16.9. The van der Waals surface area contributed by atoms with Crippen LogP contribution in [0.15, 0.2) is 60.8 Å². The Morgan fingerprint density at radius 1 is 1.10 bits per heavy atom. The molecule has 4 aromatic rings. The van der Waals surface area contributed by atoms with Gasteiger partial charge in [0.25, 0.3) is 0 Å². The number of nitrogens with zero attached hydrogens (tertiary/aromatic N) is 2. The van der Waals surface area contributed by atoms with Crippen LogP contribution in [0.3, 0.4) is 0 Å². The molecule has 152 valence electrons. The van der Waals surface area contributed by atoms with Crippen molar-refractivity contribution in [3.05, 3.63) is 71.9 Å². The number of thiol groups is 1. The summed E-state index contributed by atoms with van der Waals surface area (Å²) in [5, 5.41) is 16.2. The van der Waals surface area contributed by atoms with E-state index in [1.807, 2.05) is 66.9 Å². The van der Waals surface area contributed by atoms with Gasteiger partial charge in [0.1, 0.15) is 22.9 Å². The van der Waals surface area contributed by atoms with E-state index in [1.54, 1.807) is 12.1 Å². The van der Waals surface area contributed by atoms with Crippen molar-refractivity contribution in [1.29, 1.82) is 0 Å². The fourth-order valence-electron chi connectivity index (χ4n) is 3.48. The van der Waals surface area contributed by atoms with Gasteiger partial charge in [-0.25, -0.2) is 4.98 Å². The molecule has 0 aliphatic rings. The average Bonchev–Trinajstić information content (AvgIpc) is 3.09. The van der Waals surface area contributed by atoms with Gasteiger partial charge in [-0.2, -0.15) is 12.6 Å². The van der Waals surface area contributed by atoms with E-state index in [1.165, 1.54) is 0 Å². The summed E-state index contributed by atoms with van der Waals surface area (Å²) in [7, 11) is 0. The predicted molar refractivity (Wildman–Crippen MR) is 124 cm³/mol. The number of carbonyl (C=O) groups excluding carboxylic acids is 1. The third kappa shape index (κ3) is 3.84. The second-order valence-corrected chi connectivity index (χ2v) is 7.42. The highest BCUT2D eigenvalue weighted by molar-refractivity contribution is 7.81. The Morgan fingerprint density at radius 3 is 2.47 bits per heavy atom. The molecule has 3 N–H and O–H groups in total. The predicted octanol–water partition coefficient (Wildman–Crippen LogP) is 4.94. The number of rotatable bonds is 5. The first kappa shape index (κ1) is 19.8. The molecule has 0 unspecified atom stereocenters. The van der Waals surface area contributed by atoms with Gasteiger partial charge in [0.05, 0.1) is 5.75 Å². The van der Waals surface area contributed by atoms with Crippen molar-refractivity contribution < 1.29 is 9.90 Å². The number of pyridine rings is 1. The van der Waals surface area contributed by atoms with E-state index in [9.17, 15) is 9.90 Å². The first-order valence-corrected chi connectivity index (χ1v) is 10.1. The molecule has 0 atom stereocenters. The molecule has 0 bridgehead atoms. The Morgan fingerprint density at radius 2 is 1.80 bits per heavy atom. The van der Waals surface area contributed by atoms with E-state index in [-0.39, 0.29) is 17.4 Å². The molecule has 0 saturated heterocycles. The normalized spacial score (nSPS) is 10.9. The molecule has 4 rings (SSSR count). The second-order valence-electron chi connectivity index (χ2n) is 7.10. The lowest BCUT2D eigenvalue weighted by atomic mass is 10.1. The van der Waals surface area contributed by atoms with Gasteiger partial charge >= 0.3 is 0 Å². The average molecular weight is 419 g/mol. The highest BCUT2D eigenvalue weighted by Crippen LogP contribution is 2.35. The van der Waals surface area contributed by atoms with Gasteiger partial charge < -0.3 is 15.7 Å². The van der Waals surface area contributed by atoms with Gasteiger partial charge in [-0.15, -0.1) is 0 Å². The summed E-state index contributed by atoms with van der Waals surface area (Å²) < 4.78 is 2.00. The monoisotopic (exact) mass is 418 g/mol. The highest BCUT2D eigenvalue weighted by atomic mass is 32.1. The molecule has 30 heavy (non-hydrogen) atoms. The van der Waals surface area contributed by atoms with Gasteiger partial charge in [-0.3, -0.25) is 9.20 Å². The van der Waals surface area contributed by atoms with E-state index in [4.69, 9.17) is 4.98 Å². The molecular weight excluding hydrogens is 396 g/mol. The molecule has 2 aromatic heterocycles. The Kier molecular flexibility index (Phi) is 5.37. The number of benzene rings is 2. The number of anilines is 3. The fraction of sp³-hybridized carbons (Fsp3) is 0.130. The van der Waals surface area contributed by atoms with Crippen LogP contribution in [-0.2, 0) is 4.79 Å². The summed E-state index contributed by atoms with van der Waals surface area (Å²) >= 11 is 3.99. The number of carbonyl (C=O) groups is 1. The number of phenolic OH excluding ortho intramolecular Hbond substituents is 1. The maximum Gasteiger partial charge on any atom is 0.234 e. The third-order valence-corrected chi connectivity index (χ3v) is 5.16. The van der Waals surface area contributed by atoms with Crippen molar-refractivity contribution in [2.45, 2.75) is 13.8 Å². The van der Waals surface area contributed by atoms with E-state index >= 15 is 0 Å². The first-order chi connectivity index (χ1) is 14.5. The largest absolute Gasteiger partial charge is 0.508 e. The molecule has 2 heterocycles. The van der Waals surface area contributed by atoms with Crippen molar-refractivity contribution in [2.24, 2.45) is 0 Å². The minimum Gasteiger partial charge on any atom is -0.508 e. The standard InChI is InChI=1S/C23H22N4O2S/c1-14-11-18(28)12-15(2)21(14)26-23-22(25-19-5-3-4-10-27(19)23)16-6-8-17(9-7-16)24-20(29)13-30/h3-12,26,28,30H,13H2,1-2H3,(H,24,29). The number of aryl methyl sites for hydroxylation is 2. The Balaban J connectivity index is 1.79. The minimum absolute atomic E-state index is 0.133. The molecule has 6 nitrogen and oxygen atoms in total. The number of imidazole rings is 1. The second kappa shape index (κ2) is 8.12. The van der Waals surface area contributed by atoms with Crippen LogP contribution in [0.2, 0.25) is 0 Å². The Bertz CT molecular complexity index is 1210. The van der Waals surface area contributed by atoms with E-state index in [2.05, 4.69) is 23.3 Å². The summed E-state index contributed by atoms with van der Waals surface area (Å²) in [5.41, 5.74) is 6.04. The molecular formula is C23H22N4O2S. The number of hydrogen-bond donors (Lipinski definition) is 4. The molecule has 0 spiro atoms. The van der Waals surface area contributed by atoms with Crippen LogP contribution in [0.25, 0.3) is 16.9 Å². The smallest absolute Gasteiger partial charge is 0.234 e. The zero-order valence-electron chi connectivity index (χ0n) is 16.7. The topological polar surface area (TPSA) is 78.7 Å². The fourth-order valence-corrected chi connectivity index (χ4v) is 3.56. The van der Waals surface area contributed by atoms with E-state index in [0.717, 1.165) is 39.5 Å². The Labute approximate surface area is 180 Å². The summed E-state index contributed by atoms with van der Waals surface area (Å²) in [6.45, 7) is 3.91. The minimum atomic E-state index is -0.153. The van der Waals surface area contributed by atoms with Crippen LogP contribution in [0, 0.1) is 13.8 Å². The van der Waals surface area contributed by atoms with Crippen LogP contribution >= 0.6 is 12.6 Å². The number of aromatic nitrogens is 2. The number of fused-ring (bicyclic) bond motifs is 1. The molecule has 0 saturated carbocycles. The lowest BCUT2D eigenvalue weighted by Gasteiger charge is -2.15. The van der Waals surface area contributed by atoms with Crippen molar-refractivity contribution in [3.8, 4) is 17.0 Å². The molecule has 0 aliphatic heterocycles. The molecule has 0 radical (unpaired) electrons. The molecule has 0 aliphatic carbocycles. The van der Waals surface area contributed by atoms with E-state index < -0.39 is 0 Å². The van der Waals surface area contributed by atoms with Crippen LogP contribution in [0.1, 0.15) is 11.1 Å². The van der Waals surface area contributed by atoms with Gasteiger partial charge in [0.15, 0.2) is 0 Å². The van der Waals surface area contributed by atoms with Crippen molar-refractivity contribution in [3.63, 3.8) is 0 Å². The van der Waals surface area contributed by atoms with Gasteiger partial charge in [0.2, 0.25) is 5.91 Å². The van der Waals surface area contributed by atoms with Gasteiger partial charge in [-0.05, 0) is 61.4 Å². The van der Waals surface area contributed by atoms with Crippen molar-refractivity contribution >= 4 is 41.4 Å². The molecule has 0 fully saturated rings. The summed E-state index contributed by atoms with van der Waals surface area (Å²) in [4.78, 5) is 16.4. The summed E-state index contributed by atoms with van der Waals surface area (Å²) in [6.07, 6.45) is 1.96. The molecule has 7 heteroatoms. The molecule has 1 amide bonds. The summed E-state index contributed by atoms with van der Waals surface area (Å²) in [5.74, 6) is 1.05. The number of aromatic hydroxyl groups is 1. The number of phenols is 1. The van der Waals surface area contributed by atoms with Crippen molar-refractivity contribution in [1.82, 2.24) is 9.38 Å². The van der Waals surface area contributed by atoms with Crippen LogP contribution in [0.5, 0.6) is 5.75 Å². The maximum atomic E-state index is 11.6. The lowest BCUT2D eigenvalue weighted by Crippen LogP contribution is -2.12.